The highest BCUT2D eigenvalue weighted by atomic mass is 79.9. The number of methoxy groups -OCH3 is 1. The molecule has 1 aromatic carbocycles. The van der Waals surface area contributed by atoms with Crippen LogP contribution in [0.3, 0.4) is 0 Å². The summed E-state index contributed by atoms with van der Waals surface area (Å²) in [7, 11) is 5.24. The number of H-pyrrole nitrogens is 1. The van der Waals surface area contributed by atoms with Crippen molar-refractivity contribution in [1.82, 2.24) is 9.97 Å². The average Bonchev–Trinajstić information content (AvgIpc) is 2.47. The van der Waals surface area contributed by atoms with Crippen molar-refractivity contribution in [2.45, 2.75) is 6.92 Å². The fourth-order valence-corrected chi connectivity index (χ4v) is 2.59. The molecule has 2 N–H and O–H groups in total. The van der Waals surface area contributed by atoms with Crippen LogP contribution in [-0.4, -0.2) is 36.1 Å². The lowest BCUT2D eigenvalue weighted by Crippen LogP contribution is -2.17. The number of nitro groups is 1. The molecule has 2 aromatic rings. The number of hydrogen-bond donors (Lipinski definition) is 2. The highest BCUT2D eigenvalue weighted by Gasteiger charge is 2.24. The van der Waals surface area contributed by atoms with E-state index in [0.29, 0.717) is 15.9 Å². The molecule has 0 saturated carbocycles. The first-order valence-corrected chi connectivity index (χ1v) is 7.61. The minimum atomic E-state index is -0.824. The molecule has 0 fully saturated rings. The van der Waals surface area contributed by atoms with Crippen LogP contribution in [0.5, 0.6) is 5.75 Å². The lowest BCUT2D eigenvalue weighted by molar-refractivity contribution is -0.385. The van der Waals surface area contributed by atoms with Crippen LogP contribution in [0, 0.1) is 17.0 Å². The zero-order chi connectivity index (χ0) is 18.0. The second kappa shape index (κ2) is 6.87. The van der Waals surface area contributed by atoms with E-state index in [1.54, 1.807) is 6.07 Å². The van der Waals surface area contributed by atoms with Gasteiger partial charge >= 0.3 is 11.2 Å². The van der Waals surface area contributed by atoms with Crippen LogP contribution >= 0.6 is 15.9 Å². The van der Waals surface area contributed by atoms with Crippen molar-refractivity contribution >= 4 is 38.8 Å². The van der Waals surface area contributed by atoms with Gasteiger partial charge in [0, 0.05) is 30.3 Å². The molecule has 0 saturated heterocycles. The molecule has 1 aromatic heterocycles. The second-order valence-electron chi connectivity index (χ2n) is 5.13. The van der Waals surface area contributed by atoms with Crippen LogP contribution < -0.4 is 20.5 Å². The molecule has 10 heteroatoms. The van der Waals surface area contributed by atoms with Gasteiger partial charge in [0.1, 0.15) is 11.6 Å². The first kappa shape index (κ1) is 17.7. The van der Waals surface area contributed by atoms with E-state index in [2.05, 4.69) is 31.2 Å². The van der Waals surface area contributed by atoms with E-state index in [1.807, 2.05) is 25.1 Å². The molecule has 9 nitrogen and oxygen atoms in total. The maximum Gasteiger partial charge on any atom is 0.376 e. The number of nitrogens with one attached hydrogen (secondary N) is 2. The zero-order valence-corrected chi connectivity index (χ0v) is 15.1. The van der Waals surface area contributed by atoms with Crippen molar-refractivity contribution in [1.29, 1.82) is 0 Å². The van der Waals surface area contributed by atoms with Crippen molar-refractivity contribution in [2.75, 3.05) is 31.4 Å². The summed E-state index contributed by atoms with van der Waals surface area (Å²) in [6.45, 7) is 1.54. The number of anilines is 3. The molecule has 0 unspecified atom stereocenters. The Balaban J connectivity index is 2.60. The molecule has 2 rings (SSSR count). The largest absolute Gasteiger partial charge is 0.494 e. The van der Waals surface area contributed by atoms with Gasteiger partial charge in [0.2, 0.25) is 5.82 Å². The van der Waals surface area contributed by atoms with E-state index in [-0.39, 0.29) is 11.6 Å². The Morgan fingerprint density at radius 3 is 2.62 bits per heavy atom. The number of halogens is 1. The van der Waals surface area contributed by atoms with Gasteiger partial charge in [-0.15, -0.1) is 0 Å². The number of aromatic nitrogens is 2. The Morgan fingerprint density at radius 2 is 2.08 bits per heavy atom. The van der Waals surface area contributed by atoms with Crippen molar-refractivity contribution in [3.8, 4) is 5.75 Å². The molecule has 0 aliphatic rings. The average molecular weight is 398 g/mol. The molecule has 0 bridgehead atoms. The van der Waals surface area contributed by atoms with Gasteiger partial charge in [0.05, 0.1) is 17.7 Å². The monoisotopic (exact) mass is 397 g/mol. The molecule has 0 atom stereocenters. The van der Waals surface area contributed by atoms with Gasteiger partial charge < -0.3 is 19.9 Å². The number of hydrogen-bond acceptors (Lipinski definition) is 7. The van der Waals surface area contributed by atoms with Crippen LogP contribution in [0.2, 0.25) is 0 Å². The van der Waals surface area contributed by atoms with Crippen molar-refractivity contribution < 1.29 is 9.66 Å². The summed E-state index contributed by atoms with van der Waals surface area (Å²) in [5, 5.41) is 14.0. The third-order valence-electron chi connectivity index (χ3n) is 3.21. The number of ether oxygens (including phenoxy) is 1. The molecular formula is C14H16BrN5O4. The Bertz CT molecular complexity index is 850. The molecule has 0 aliphatic carbocycles. The molecule has 0 aliphatic heterocycles. The van der Waals surface area contributed by atoms with Crippen LogP contribution in [0.25, 0.3) is 0 Å². The summed E-state index contributed by atoms with van der Waals surface area (Å²) in [6.07, 6.45) is 0. The maximum absolute atomic E-state index is 11.8. The van der Waals surface area contributed by atoms with Crippen molar-refractivity contribution in [3.63, 3.8) is 0 Å². The number of aromatic amines is 1. The standard InChI is InChI=1S/C14H16BrN5O4/c1-7-16-13(12(20(22)23)14(21)17-7)18-11-9(15)5-8(19(2)3)6-10(11)24-4/h5-6H,1-4H3,(H2,16,17,18,21). The van der Waals surface area contributed by atoms with Gasteiger partial charge in [0.15, 0.2) is 0 Å². The molecule has 24 heavy (non-hydrogen) atoms. The highest BCUT2D eigenvalue weighted by molar-refractivity contribution is 9.10. The fraction of sp³-hybridized carbons (Fsp3) is 0.286. The van der Waals surface area contributed by atoms with Crippen LogP contribution in [0.15, 0.2) is 21.4 Å². The molecule has 0 amide bonds. The minimum Gasteiger partial charge on any atom is -0.494 e. The number of nitrogens with zero attached hydrogens (tertiary/aromatic N) is 3. The van der Waals surface area contributed by atoms with E-state index < -0.39 is 16.2 Å². The summed E-state index contributed by atoms with van der Waals surface area (Å²) in [4.78, 5) is 30.5. The summed E-state index contributed by atoms with van der Waals surface area (Å²) in [5.74, 6) is 0.549. The lowest BCUT2D eigenvalue weighted by Gasteiger charge is -2.18. The predicted molar refractivity (Wildman–Crippen MR) is 94.6 cm³/mol. The Labute approximate surface area is 145 Å². The van der Waals surface area contributed by atoms with Gasteiger partial charge in [-0.2, -0.15) is 0 Å². The first-order valence-electron chi connectivity index (χ1n) is 6.81. The summed E-state index contributed by atoms with van der Waals surface area (Å²) in [5.41, 5.74) is -0.182. The van der Waals surface area contributed by atoms with Gasteiger partial charge in [-0.1, -0.05) is 0 Å². The molecule has 1 heterocycles. The van der Waals surface area contributed by atoms with Crippen molar-refractivity contribution in [2.24, 2.45) is 0 Å². The van der Waals surface area contributed by atoms with Gasteiger partial charge in [-0.3, -0.25) is 14.9 Å². The lowest BCUT2D eigenvalue weighted by atomic mass is 10.2. The number of aryl methyl sites for hydroxylation is 1. The second-order valence-corrected chi connectivity index (χ2v) is 5.98. The third kappa shape index (κ3) is 3.48. The van der Waals surface area contributed by atoms with E-state index in [9.17, 15) is 14.9 Å². The summed E-state index contributed by atoms with van der Waals surface area (Å²) in [6, 6.07) is 3.58. The van der Waals surface area contributed by atoms with Crippen LogP contribution in [0.4, 0.5) is 22.9 Å². The first-order chi connectivity index (χ1) is 11.2. The van der Waals surface area contributed by atoms with E-state index in [1.165, 1.54) is 14.0 Å². The topological polar surface area (TPSA) is 113 Å². The SMILES string of the molecule is COc1cc(N(C)C)cc(Br)c1Nc1nc(C)[nH]c(=O)c1[N+](=O)[O-]. The minimum absolute atomic E-state index is 0.155. The maximum atomic E-state index is 11.8. The van der Waals surface area contributed by atoms with E-state index in [4.69, 9.17) is 4.74 Å². The molecule has 128 valence electrons. The number of rotatable bonds is 5. The predicted octanol–water partition coefficient (Wildman–Crippen LogP) is 2.57. The van der Waals surface area contributed by atoms with Gasteiger partial charge in [0.25, 0.3) is 0 Å². The van der Waals surface area contributed by atoms with Crippen LogP contribution in [0.1, 0.15) is 5.82 Å². The number of benzene rings is 1. The van der Waals surface area contributed by atoms with Gasteiger partial charge in [-0.25, -0.2) is 4.98 Å². The zero-order valence-electron chi connectivity index (χ0n) is 13.5. The molecule has 0 radical (unpaired) electrons. The van der Waals surface area contributed by atoms with Gasteiger partial charge in [-0.05, 0) is 28.9 Å². The fourth-order valence-electron chi connectivity index (χ4n) is 2.06. The Hall–Kier alpha value is -2.62. The quantitative estimate of drug-likeness (QED) is 0.588. The molecular weight excluding hydrogens is 382 g/mol. The molecule has 0 spiro atoms. The third-order valence-corrected chi connectivity index (χ3v) is 3.84. The highest BCUT2D eigenvalue weighted by Crippen LogP contribution is 2.39. The van der Waals surface area contributed by atoms with E-state index >= 15 is 0 Å². The Kier molecular flexibility index (Phi) is 5.07. The Morgan fingerprint density at radius 1 is 1.42 bits per heavy atom. The van der Waals surface area contributed by atoms with E-state index in [0.717, 1.165) is 5.69 Å². The van der Waals surface area contributed by atoms with Crippen LogP contribution in [-0.2, 0) is 0 Å². The normalized spacial score (nSPS) is 10.4. The van der Waals surface area contributed by atoms with Crippen molar-refractivity contribution in [3.05, 3.63) is 42.9 Å². The summed E-state index contributed by atoms with van der Waals surface area (Å²) >= 11 is 3.41. The smallest absolute Gasteiger partial charge is 0.376 e. The summed E-state index contributed by atoms with van der Waals surface area (Å²) < 4.78 is 5.96.